The van der Waals surface area contributed by atoms with Gasteiger partial charge in [-0.05, 0) is 56.6 Å². The van der Waals surface area contributed by atoms with E-state index >= 15 is 0 Å². The number of nitrogens with one attached hydrogen (secondary N) is 2. The van der Waals surface area contributed by atoms with Crippen LogP contribution in [0.2, 0.25) is 0 Å². The van der Waals surface area contributed by atoms with E-state index in [0.717, 1.165) is 34.5 Å². The number of hydrogen-bond acceptors (Lipinski definition) is 5. The molecular formula is C24H30F2N3O3PS. The van der Waals surface area contributed by atoms with Crippen molar-refractivity contribution in [2.75, 3.05) is 13.7 Å². The number of fused-ring (bicyclic) bond motifs is 3. The number of aryl methyl sites for hydroxylation is 1. The standard InChI is InChI=1S/C24H30F2N3O3PS/c1-4-15(24(25,26)33)9-10-27-22(30)18-13-5-6-14(11-13)20(18)29-23(31)19-17(32-3)8-7-16-21(19)34-12(2)28-16/h4,7-8,13-15,18,20H,1,5-6,9-11,33H2,2-3H3,(H,27,30)(H,29,31)/t13-,14?,15?,18?,20?/m1/s1. The highest BCUT2D eigenvalue weighted by molar-refractivity contribution is 7.19. The average Bonchev–Trinajstić information content (AvgIpc) is 3.48. The summed E-state index contributed by atoms with van der Waals surface area (Å²) in [6, 6.07) is 3.26. The van der Waals surface area contributed by atoms with E-state index in [9.17, 15) is 18.4 Å². The van der Waals surface area contributed by atoms with Crippen molar-refractivity contribution in [1.82, 2.24) is 15.6 Å². The van der Waals surface area contributed by atoms with Crippen molar-refractivity contribution in [2.45, 2.75) is 44.3 Å². The summed E-state index contributed by atoms with van der Waals surface area (Å²) in [5, 5.41) is 6.81. The molecule has 2 fully saturated rings. The Morgan fingerprint density at radius 2 is 2.12 bits per heavy atom. The maximum Gasteiger partial charge on any atom is 0.265 e. The van der Waals surface area contributed by atoms with E-state index in [0.29, 0.717) is 11.3 Å². The first-order valence-electron chi connectivity index (χ1n) is 11.5. The Hall–Kier alpha value is -2.12. The first-order valence-corrected chi connectivity index (χ1v) is 12.8. The minimum absolute atomic E-state index is 0.0908. The second kappa shape index (κ2) is 9.86. The van der Waals surface area contributed by atoms with Crippen molar-refractivity contribution in [3.05, 3.63) is 35.4 Å². The lowest BCUT2D eigenvalue weighted by Crippen LogP contribution is -2.50. The summed E-state index contributed by atoms with van der Waals surface area (Å²) in [6.07, 6.45) is 4.07. The van der Waals surface area contributed by atoms with E-state index in [1.165, 1.54) is 33.8 Å². The smallest absolute Gasteiger partial charge is 0.265 e. The molecule has 1 aromatic carbocycles. The molecule has 5 unspecified atom stereocenters. The third-order valence-corrected chi connectivity index (χ3v) is 8.56. The van der Waals surface area contributed by atoms with E-state index < -0.39 is 11.6 Å². The van der Waals surface area contributed by atoms with Crippen LogP contribution in [0.3, 0.4) is 0 Å². The summed E-state index contributed by atoms with van der Waals surface area (Å²) in [5.41, 5.74) is -1.80. The van der Waals surface area contributed by atoms with Gasteiger partial charge in [0.1, 0.15) is 11.3 Å². The number of hydrogen-bond donors (Lipinski definition) is 2. The normalized spacial score (nSPS) is 24.7. The first kappa shape index (κ1) is 25.0. The van der Waals surface area contributed by atoms with Crippen LogP contribution in [0.1, 0.15) is 41.0 Å². The molecule has 0 spiro atoms. The van der Waals surface area contributed by atoms with E-state index in [2.05, 4.69) is 22.2 Å². The van der Waals surface area contributed by atoms with Crippen molar-refractivity contribution >= 4 is 42.6 Å². The van der Waals surface area contributed by atoms with Crippen LogP contribution >= 0.6 is 20.6 Å². The molecule has 2 N–H and O–H groups in total. The molecule has 2 aliphatic carbocycles. The third-order valence-electron chi connectivity index (χ3n) is 7.12. The highest BCUT2D eigenvalue weighted by Crippen LogP contribution is 2.49. The van der Waals surface area contributed by atoms with Gasteiger partial charge in [0.2, 0.25) is 5.91 Å². The molecule has 2 bridgehead atoms. The molecule has 2 amide bonds. The molecule has 6 nitrogen and oxygen atoms in total. The van der Waals surface area contributed by atoms with Gasteiger partial charge in [0.05, 0.1) is 28.3 Å². The van der Waals surface area contributed by atoms with Crippen LogP contribution in [-0.4, -0.2) is 42.2 Å². The lowest BCUT2D eigenvalue weighted by atomic mass is 9.83. The quantitative estimate of drug-likeness (QED) is 0.385. The minimum Gasteiger partial charge on any atom is -0.496 e. The molecular weight excluding hydrogens is 479 g/mol. The zero-order valence-corrected chi connectivity index (χ0v) is 21.2. The average molecular weight is 510 g/mol. The highest BCUT2D eigenvalue weighted by Gasteiger charge is 2.51. The number of carbonyl (C=O) groups excluding carboxylic acids is 2. The van der Waals surface area contributed by atoms with E-state index in [-0.39, 0.29) is 48.6 Å². The summed E-state index contributed by atoms with van der Waals surface area (Å²) in [5.74, 6) is -1.03. The largest absolute Gasteiger partial charge is 0.496 e. The van der Waals surface area contributed by atoms with Crippen molar-refractivity contribution in [2.24, 2.45) is 23.7 Å². The molecule has 2 aliphatic rings. The number of ether oxygens (including phenoxy) is 1. The number of amides is 2. The number of allylic oxidation sites excluding steroid dienone is 1. The van der Waals surface area contributed by atoms with Crippen LogP contribution in [0.25, 0.3) is 10.2 Å². The van der Waals surface area contributed by atoms with E-state index in [1.807, 2.05) is 13.0 Å². The van der Waals surface area contributed by atoms with Crippen LogP contribution < -0.4 is 15.4 Å². The van der Waals surface area contributed by atoms with E-state index in [1.54, 1.807) is 6.07 Å². The number of nitrogens with zero attached hydrogens (tertiary/aromatic N) is 1. The molecule has 1 aromatic heterocycles. The zero-order chi connectivity index (χ0) is 24.6. The molecule has 184 valence electrons. The molecule has 0 saturated heterocycles. The summed E-state index contributed by atoms with van der Waals surface area (Å²) in [7, 11) is 3.06. The fourth-order valence-corrected chi connectivity index (χ4v) is 6.76. The molecule has 6 atom stereocenters. The number of halogens is 2. The van der Waals surface area contributed by atoms with Gasteiger partial charge in [0, 0.05) is 18.5 Å². The van der Waals surface area contributed by atoms with E-state index in [4.69, 9.17) is 4.74 Å². The predicted octanol–water partition coefficient (Wildman–Crippen LogP) is 4.53. The molecule has 2 aromatic rings. The minimum atomic E-state index is -2.97. The highest BCUT2D eigenvalue weighted by atomic mass is 32.1. The lowest BCUT2D eigenvalue weighted by Gasteiger charge is -2.31. The van der Waals surface area contributed by atoms with Gasteiger partial charge in [-0.25, -0.2) is 13.8 Å². The molecule has 1 heterocycles. The topological polar surface area (TPSA) is 80.3 Å². The number of thiazole rings is 1. The number of methoxy groups -OCH3 is 1. The monoisotopic (exact) mass is 509 g/mol. The molecule has 34 heavy (non-hydrogen) atoms. The summed E-state index contributed by atoms with van der Waals surface area (Å²) < 4.78 is 33.4. The van der Waals surface area contributed by atoms with Crippen LogP contribution in [-0.2, 0) is 4.79 Å². The van der Waals surface area contributed by atoms with Gasteiger partial charge in [0.25, 0.3) is 11.6 Å². The number of aromatic nitrogens is 1. The van der Waals surface area contributed by atoms with Crippen molar-refractivity contribution in [3.8, 4) is 5.75 Å². The third kappa shape index (κ3) is 4.82. The number of rotatable bonds is 9. The number of alkyl halides is 2. The van der Waals surface area contributed by atoms with Gasteiger partial charge in [-0.2, -0.15) is 0 Å². The maximum atomic E-state index is 13.6. The predicted molar refractivity (Wildman–Crippen MR) is 132 cm³/mol. The van der Waals surface area contributed by atoms with Gasteiger partial charge in [0.15, 0.2) is 0 Å². The molecule has 0 aliphatic heterocycles. The summed E-state index contributed by atoms with van der Waals surface area (Å²) in [6.45, 7) is 5.49. The van der Waals surface area contributed by atoms with Gasteiger partial charge in [-0.3, -0.25) is 9.59 Å². The molecule has 2 saturated carbocycles. The Bertz CT molecular complexity index is 1100. The van der Waals surface area contributed by atoms with Crippen LogP contribution in [0, 0.1) is 30.6 Å². The van der Waals surface area contributed by atoms with Crippen molar-refractivity contribution in [3.63, 3.8) is 0 Å². The second-order valence-corrected chi connectivity index (χ2v) is 11.2. The SMILES string of the molecule is C=CC(CCNC(=O)C1C(NC(=O)c2c(OC)ccc3nc(C)sc23)C2CC[C@@H]1C2)C(F)(F)P. The Balaban J connectivity index is 1.49. The van der Waals surface area contributed by atoms with Crippen molar-refractivity contribution < 1.29 is 23.1 Å². The van der Waals surface area contributed by atoms with Crippen LogP contribution in [0.15, 0.2) is 24.8 Å². The van der Waals surface area contributed by atoms with Crippen molar-refractivity contribution in [1.29, 1.82) is 0 Å². The van der Waals surface area contributed by atoms with Gasteiger partial charge in [-0.15, -0.1) is 17.9 Å². The Kier molecular flexibility index (Phi) is 7.25. The van der Waals surface area contributed by atoms with Gasteiger partial charge in [-0.1, -0.05) is 15.3 Å². The maximum absolute atomic E-state index is 13.6. The molecule has 4 rings (SSSR count). The summed E-state index contributed by atoms with van der Waals surface area (Å²) in [4.78, 5) is 31.0. The summed E-state index contributed by atoms with van der Waals surface area (Å²) >= 11 is 1.43. The second-order valence-electron chi connectivity index (χ2n) is 9.18. The Morgan fingerprint density at radius 3 is 2.79 bits per heavy atom. The van der Waals surface area contributed by atoms with Crippen LogP contribution in [0.5, 0.6) is 5.75 Å². The first-order chi connectivity index (χ1) is 16.1. The Labute approximate surface area is 204 Å². The molecule has 10 heteroatoms. The van der Waals surface area contributed by atoms with Gasteiger partial charge < -0.3 is 15.4 Å². The lowest BCUT2D eigenvalue weighted by molar-refractivity contribution is -0.127. The fourth-order valence-electron chi connectivity index (χ4n) is 5.51. The fraction of sp³-hybridized carbons (Fsp3) is 0.542. The molecule has 0 radical (unpaired) electrons. The number of carbonyl (C=O) groups is 2. The Morgan fingerprint density at radius 1 is 1.38 bits per heavy atom. The van der Waals surface area contributed by atoms with Crippen LogP contribution in [0.4, 0.5) is 8.78 Å². The number of benzene rings is 1. The zero-order valence-electron chi connectivity index (χ0n) is 19.3. The van der Waals surface area contributed by atoms with Gasteiger partial charge >= 0.3 is 0 Å².